The third-order valence-electron chi connectivity index (χ3n) is 5.48. The van der Waals surface area contributed by atoms with E-state index in [2.05, 4.69) is 22.2 Å². The van der Waals surface area contributed by atoms with Gasteiger partial charge in [-0.25, -0.2) is 4.79 Å². The Balaban J connectivity index is 1.50. The van der Waals surface area contributed by atoms with Crippen LogP contribution < -0.4 is 15.7 Å². The van der Waals surface area contributed by atoms with Crippen LogP contribution in [0.3, 0.4) is 0 Å². The van der Waals surface area contributed by atoms with Crippen LogP contribution in [0.2, 0.25) is 0 Å². The minimum atomic E-state index is -0.518. The van der Waals surface area contributed by atoms with Gasteiger partial charge in [-0.1, -0.05) is 6.07 Å². The largest absolute Gasteiger partial charge is 0.427 e. The molecule has 1 fully saturated rings. The first-order valence-electron chi connectivity index (χ1n) is 10.3. The summed E-state index contributed by atoms with van der Waals surface area (Å²) < 4.78 is 10.5. The van der Waals surface area contributed by atoms with E-state index in [0.717, 1.165) is 31.6 Å². The summed E-state index contributed by atoms with van der Waals surface area (Å²) >= 11 is 0. The molecule has 0 saturated carbocycles. The fraction of sp³-hybridized carbons (Fsp3) is 0.348. The Hall–Kier alpha value is -3.23. The van der Waals surface area contributed by atoms with Crippen LogP contribution in [-0.2, 0) is 9.59 Å². The fourth-order valence-corrected chi connectivity index (χ4v) is 3.77. The summed E-state index contributed by atoms with van der Waals surface area (Å²) in [5.74, 6) is -0.225. The van der Waals surface area contributed by atoms with Gasteiger partial charge in [-0.3, -0.25) is 9.59 Å². The molecule has 1 aromatic heterocycles. The van der Waals surface area contributed by atoms with E-state index < -0.39 is 11.6 Å². The molecule has 0 unspecified atom stereocenters. The molecule has 2 heterocycles. The van der Waals surface area contributed by atoms with E-state index in [-0.39, 0.29) is 5.91 Å². The molecular formula is C23H25N3O5. The first-order valence-corrected chi connectivity index (χ1v) is 10.3. The van der Waals surface area contributed by atoms with Crippen LogP contribution in [0.15, 0.2) is 45.6 Å². The SMILES string of the molecule is CC(=O)Oc1ccc2c(c1)oc(=O)c1cc(NC(=O)CCN3CCN(C)CC3)ccc12. The van der Waals surface area contributed by atoms with Crippen molar-refractivity contribution in [2.75, 3.05) is 45.1 Å². The summed E-state index contributed by atoms with van der Waals surface area (Å²) in [6, 6.07) is 10.1. The predicted molar refractivity (Wildman–Crippen MR) is 118 cm³/mol. The molecule has 0 spiro atoms. The van der Waals surface area contributed by atoms with E-state index in [1.807, 2.05) is 0 Å². The van der Waals surface area contributed by atoms with Crippen LogP contribution in [0.5, 0.6) is 5.75 Å². The molecule has 1 N–H and O–H groups in total. The molecule has 31 heavy (non-hydrogen) atoms. The summed E-state index contributed by atoms with van der Waals surface area (Å²) in [5.41, 5.74) is 0.371. The van der Waals surface area contributed by atoms with Crippen LogP contribution in [0.4, 0.5) is 5.69 Å². The molecule has 8 heteroatoms. The van der Waals surface area contributed by atoms with Gasteiger partial charge in [0.25, 0.3) is 0 Å². The van der Waals surface area contributed by atoms with E-state index in [0.29, 0.717) is 40.8 Å². The summed E-state index contributed by atoms with van der Waals surface area (Å²) in [5, 5.41) is 4.68. The number of nitrogens with one attached hydrogen (secondary N) is 1. The number of benzene rings is 2. The minimum Gasteiger partial charge on any atom is -0.427 e. The van der Waals surface area contributed by atoms with E-state index in [4.69, 9.17) is 9.15 Å². The normalized spacial score (nSPS) is 15.3. The van der Waals surface area contributed by atoms with Gasteiger partial charge in [-0.15, -0.1) is 0 Å². The number of hydrogen-bond donors (Lipinski definition) is 1. The molecule has 1 aliphatic rings. The molecule has 1 saturated heterocycles. The molecule has 0 bridgehead atoms. The molecule has 0 aliphatic carbocycles. The van der Waals surface area contributed by atoms with Gasteiger partial charge < -0.3 is 24.3 Å². The highest BCUT2D eigenvalue weighted by molar-refractivity contribution is 6.06. The maximum atomic E-state index is 12.5. The Morgan fingerprint density at radius 3 is 2.52 bits per heavy atom. The number of esters is 1. The van der Waals surface area contributed by atoms with Crippen molar-refractivity contribution in [3.05, 3.63) is 46.8 Å². The monoisotopic (exact) mass is 423 g/mol. The molecule has 4 rings (SSSR count). The average Bonchev–Trinajstić information content (AvgIpc) is 2.73. The smallest absolute Gasteiger partial charge is 0.344 e. The number of anilines is 1. The first kappa shape index (κ1) is 21.0. The van der Waals surface area contributed by atoms with Gasteiger partial charge in [0.2, 0.25) is 5.91 Å². The number of piperazine rings is 1. The maximum absolute atomic E-state index is 12.5. The van der Waals surface area contributed by atoms with Gasteiger partial charge in [-0.2, -0.15) is 0 Å². The van der Waals surface area contributed by atoms with Crippen LogP contribution in [0.1, 0.15) is 13.3 Å². The molecule has 2 aromatic carbocycles. The second-order valence-electron chi connectivity index (χ2n) is 7.84. The fourth-order valence-electron chi connectivity index (χ4n) is 3.77. The number of nitrogens with zero attached hydrogens (tertiary/aromatic N) is 2. The van der Waals surface area contributed by atoms with Crippen molar-refractivity contribution in [3.8, 4) is 5.75 Å². The number of rotatable bonds is 5. The highest BCUT2D eigenvalue weighted by Gasteiger charge is 2.15. The van der Waals surface area contributed by atoms with Crippen molar-refractivity contribution in [3.63, 3.8) is 0 Å². The van der Waals surface area contributed by atoms with Gasteiger partial charge in [0.05, 0.1) is 5.39 Å². The van der Waals surface area contributed by atoms with Crippen LogP contribution in [0.25, 0.3) is 21.7 Å². The highest BCUT2D eigenvalue weighted by atomic mass is 16.5. The van der Waals surface area contributed by atoms with E-state index in [1.54, 1.807) is 30.3 Å². The van der Waals surface area contributed by atoms with Gasteiger partial charge in [0, 0.05) is 68.6 Å². The Morgan fingerprint density at radius 2 is 1.77 bits per heavy atom. The van der Waals surface area contributed by atoms with Gasteiger partial charge in [-0.05, 0) is 31.3 Å². The predicted octanol–water partition coefficient (Wildman–Crippen LogP) is 2.45. The molecular weight excluding hydrogens is 398 g/mol. The van der Waals surface area contributed by atoms with E-state index in [1.165, 1.54) is 13.0 Å². The number of hydrogen-bond acceptors (Lipinski definition) is 7. The van der Waals surface area contributed by atoms with Crippen LogP contribution in [-0.4, -0.2) is 61.4 Å². The Bertz CT molecular complexity index is 1190. The Kier molecular flexibility index (Phi) is 6.01. The van der Waals surface area contributed by atoms with E-state index in [9.17, 15) is 14.4 Å². The number of carbonyl (C=O) groups excluding carboxylic acids is 2. The second-order valence-corrected chi connectivity index (χ2v) is 7.84. The average molecular weight is 423 g/mol. The summed E-state index contributed by atoms with van der Waals surface area (Å²) in [6.07, 6.45) is 0.396. The molecule has 162 valence electrons. The lowest BCUT2D eigenvalue weighted by Gasteiger charge is -2.32. The minimum absolute atomic E-state index is 0.0884. The zero-order valence-electron chi connectivity index (χ0n) is 17.6. The number of fused-ring (bicyclic) bond motifs is 3. The Morgan fingerprint density at radius 1 is 1.03 bits per heavy atom. The first-order chi connectivity index (χ1) is 14.9. The molecule has 1 aliphatic heterocycles. The zero-order valence-corrected chi connectivity index (χ0v) is 17.6. The van der Waals surface area contributed by atoms with Crippen molar-refractivity contribution < 1.29 is 18.7 Å². The molecule has 1 amide bonds. The van der Waals surface area contributed by atoms with E-state index >= 15 is 0 Å². The second kappa shape index (κ2) is 8.87. The third-order valence-corrected chi connectivity index (χ3v) is 5.48. The zero-order chi connectivity index (χ0) is 22.0. The topological polar surface area (TPSA) is 92.1 Å². The lowest BCUT2D eigenvalue weighted by atomic mass is 10.1. The van der Waals surface area contributed by atoms with Crippen molar-refractivity contribution >= 4 is 39.3 Å². The van der Waals surface area contributed by atoms with Gasteiger partial charge in [0.15, 0.2) is 0 Å². The summed E-state index contributed by atoms with van der Waals surface area (Å²) in [4.78, 5) is 40.6. The standard InChI is InChI=1S/C23H25N3O5/c1-15(27)30-17-4-6-19-18-5-3-16(13-20(18)23(29)31-21(19)14-17)24-22(28)7-8-26-11-9-25(2)10-12-26/h3-6,13-14H,7-12H2,1-2H3,(H,24,28). The number of likely N-dealkylation sites (N-methyl/N-ethyl adjacent to an activating group) is 1. The Labute approximate surface area is 179 Å². The molecule has 8 nitrogen and oxygen atoms in total. The summed E-state index contributed by atoms with van der Waals surface area (Å²) in [6.45, 7) is 5.98. The maximum Gasteiger partial charge on any atom is 0.344 e. The highest BCUT2D eigenvalue weighted by Crippen LogP contribution is 2.28. The van der Waals surface area contributed by atoms with Gasteiger partial charge >= 0.3 is 11.6 Å². The van der Waals surface area contributed by atoms with Crippen molar-refractivity contribution in [2.24, 2.45) is 0 Å². The lowest BCUT2D eigenvalue weighted by molar-refractivity contribution is -0.131. The van der Waals surface area contributed by atoms with Crippen molar-refractivity contribution in [2.45, 2.75) is 13.3 Å². The van der Waals surface area contributed by atoms with Crippen LogP contribution in [0, 0.1) is 0 Å². The van der Waals surface area contributed by atoms with Crippen molar-refractivity contribution in [1.29, 1.82) is 0 Å². The van der Waals surface area contributed by atoms with Crippen molar-refractivity contribution in [1.82, 2.24) is 9.80 Å². The van der Waals surface area contributed by atoms with Gasteiger partial charge in [0.1, 0.15) is 11.3 Å². The molecule has 3 aromatic rings. The molecule has 0 atom stereocenters. The number of amides is 1. The van der Waals surface area contributed by atoms with Crippen LogP contribution >= 0.6 is 0 Å². The number of carbonyl (C=O) groups is 2. The lowest BCUT2D eigenvalue weighted by Crippen LogP contribution is -2.45. The number of ether oxygens (including phenoxy) is 1. The third kappa shape index (κ3) is 4.92. The molecule has 0 radical (unpaired) electrons. The summed E-state index contributed by atoms with van der Waals surface area (Å²) in [7, 11) is 2.10. The quantitative estimate of drug-likeness (QED) is 0.292.